The Kier molecular flexibility index (Phi) is 6.56. The quantitative estimate of drug-likeness (QED) is 0.766. The van der Waals surface area contributed by atoms with Crippen LogP contribution in [0.4, 0.5) is 5.69 Å². The predicted molar refractivity (Wildman–Crippen MR) is 76.9 cm³/mol. The molecule has 5 nitrogen and oxygen atoms in total. The Bertz CT molecular complexity index is 442. The number of carboxylic acids is 1. The number of ether oxygens (including phenoxy) is 1. The fourth-order valence-electron chi connectivity index (χ4n) is 1.56. The van der Waals surface area contributed by atoms with Crippen LogP contribution in [0.1, 0.15) is 39.5 Å². The zero-order chi connectivity index (χ0) is 15.0. The van der Waals surface area contributed by atoms with Crippen LogP contribution in [0.2, 0.25) is 0 Å². The van der Waals surface area contributed by atoms with Crippen molar-refractivity contribution in [2.45, 2.75) is 45.6 Å². The van der Waals surface area contributed by atoms with Crippen LogP contribution in [0.15, 0.2) is 24.3 Å². The Morgan fingerprint density at radius 3 is 2.45 bits per heavy atom. The highest BCUT2D eigenvalue weighted by Gasteiger charge is 2.05. The number of nitrogens with one attached hydrogen (secondary N) is 1. The first-order chi connectivity index (χ1) is 9.51. The van der Waals surface area contributed by atoms with Gasteiger partial charge in [0.15, 0.2) is 0 Å². The van der Waals surface area contributed by atoms with Crippen LogP contribution < -0.4 is 10.1 Å². The van der Waals surface area contributed by atoms with Gasteiger partial charge >= 0.3 is 5.97 Å². The molecular formula is C15H21NO4. The third kappa shape index (κ3) is 6.22. The fraction of sp³-hybridized carbons (Fsp3) is 0.467. The second kappa shape index (κ2) is 8.19. The molecule has 20 heavy (non-hydrogen) atoms. The summed E-state index contributed by atoms with van der Waals surface area (Å²) in [4.78, 5) is 21.9. The summed E-state index contributed by atoms with van der Waals surface area (Å²) in [6.45, 7) is 4.05. The average Bonchev–Trinajstić information content (AvgIpc) is 2.40. The van der Waals surface area contributed by atoms with Crippen LogP contribution in [-0.4, -0.2) is 23.1 Å². The molecule has 2 N–H and O–H groups in total. The predicted octanol–water partition coefficient (Wildman–Crippen LogP) is 3.06. The molecule has 0 spiro atoms. The lowest BCUT2D eigenvalue weighted by atomic mass is 10.2. The van der Waals surface area contributed by atoms with Gasteiger partial charge in [0.1, 0.15) is 5.75 Å². The zero-order valence-corrected chi connectivity index (χ0v) is 11.9. The first kappa shape index (κ1) is 16.0. The number of aliphatic carboxylic acids is 1. The Balaban J connectivity index is 2.40. The SMILES string of the molecule is CCC(C)Oc1ccc(NC(=O)CCCC(=O)O)cc1. The molecule has 1 amide bonds. The largest absolute Gasteiger partial charge is 0.491 e. The van der Waals surface area contributed by atoms with Crippen LogP contribution in [0.3, 0.4) is 0 Å². The topological polar surface area (TPSA) is 75.6 Å². The Morgan fingerprint density at radius 1 is 1.25 bits per heavy atom. The van der Waals surface area contributed by atoms with Crippen molar-refractivity contribution >= 4 is 17.6 Å². The Morgan fingerprint density at radius 2 is 1.90 bits per heavy atom. The average molecular weight is 279 g/mol. The first-order valence-corrected chi connectivity index (χ1v) is 6.79. The summed E-state index contributed by atoms with van der Waals surface area (Å²) in [6.07, 6.45) is 1.65. The number of carbonyl (C=O) groups is 2. The molecule has 0 saturated carbocycles. The molecule has 1 aromatic carbocycles. The molecule has 1 aromatic rings. The van der Waals surface area contributed by atoms with Gasteiger partial charge in [-0.3, -0.25) is 9.59 Å². The van der Waals surface area contributed by atoms with Crippen molar-refractivity contribution < 1.29 is 19.4 Å². The standard InChI is InChI=1S/C15H21NO4/c1-3-11(2)20-13-9-7-12(8-10-13)16-14(17)5-4-6-15(18)19/h7-11H,3-6H2,1-2H3,(H,16,17)(H,18,19). The van der Waals surface area contributed by atoms with Crippen molar-refractivity contribution in [3.8, 4) is 5.75 Å². The molecule has 0 aliphatic carbocycles. The number of anilines is 1. The molecule has 0 heterocycles. The molecule has 5 heteroatoms. The van der Waals surface area contributed by atoms with Crippen molar-refractivity contribution in [1.29, 1.82) is 0 Å². The minimum atomic E-state index is -0.885. The van der Waals surface area contributed by atoms with Crippen molar-refractivity contribution in [2.75, 3.05) is 5.32 Å². The highest BCUT2D eigenvalue weighted by molar-refractivity contribution is 5.90. The smallest absolute Gasteiger partial charge is 0.303 e. The van der Waals surface area contributed by atoms with E-state index in [-0.39, 0.29) is 24.9 Å². The number of hydrogen-bond acceptors (Lipinski definition) is 3. The maximum Gasteiger partial charge on any atom is 0.303 e. The molecule has 0 saturated heterocycles. The van der Waals surface area contributed by atoms with E-state index in [9.17, 15) is 9.59 Å². The summed E-state index contributed by atoms with van der Waals surface area (Å²) in [5.74, 6) is -0.297. The second-order valence-electron chi connectivity index (χ2n) is 4.66. The third-order valence-electron chi connectivity index (χ3n) is 2.84. The fourth-order valence-corrected chi connectivity index (χ4v) is 1.56. The molecule has 1 rings (SSSR count). The number of rotatable bonds is 8. The van der Waals surface area contributed by atoms with E-state index in [4.69, 9.17) is 9.84 Å². The molecule has 0 aliphatic rings. The molecule has 0 radical (unpaired) electrons. The van der Waals surface area contributed by atoms with Gasteiger partial charge in [-0.2, -0.15) is 0 Å². The lowest BCUT2D eigenvalue weighted by Gasteiger charge is -2.13. The Hall–Kier alpha value is -2.04. The summed E-state index contributed by atoms with van der Waals surface area (Å²) < 4.78 is 5.64. The lowest BCUT2D eigenvalue weighted by Crippen LogP contribution is -2.12. The molecule has 1 atom stereocenters. The van der Waals surface area contributed by atoms with E-state index < -0.39 is 5.97 Å². The zero-order valence-electron chi connectivity index (χ0n) is 11.9. The van der Waals surface area contributed by atoms with Crippen LogP contribution in [0, 0.1) is 0 Å². The second-order valence-corrected chi connectivity index (χ2v) is 4.66. The van der Waals surface area contributed by atoms with Gasteiger partial charge in [0.25, 0.3) is 0 Å². The summed E-state index contributed by atoms with van der Waals surface area (Å²) in [6, 6.07) is 7.15. The molecule has 0 fully saturated rings. The van der Waals surface area contributed by atoms with Crippen LogP contribution >= 0.6 is 0 Å². The number of amides is 1. The van der Waals surface area contributed by atoms with E-state index in [2.05, 4.69) is 12.2 Å². The van der Waals surface area contributed by atoms with Gasteiger partial charge in [0.05, 0.1) is 6.10 Å². The maximum absolute atomic E-state index is 11.6. The number of hydrogen-bond donors (Lipinski definition) is 2. The monoisotopic (exact) mass is 279 g/mol. The highest BCUT2D eigenvalue weighted by Crippen LogP contribution is 2.17. The van der Waals surface area contributed by atoms with Gasteiger partial charge in [-0.25, -0.2) is 0 Å². The van der Waals surface area contributed by atoms with E-state index in [1.807, 2.05) is 6.92 Å². The number of carbonyl (C=O) groups excluding carboxylic acids is 1. The number of benzene rings is 1. The van der Waals surface area contributed by atoms with Crippen molar-refractivity contribution in [2.24, 2.45) is 0 Å². The van der Waals surface area contributed by atoms with Crippen molar-refractivity contribution in [3.63, 3.8) is 0 Å². The summed E-state index contributed by atoms with van der Waals surface area (Å²) in [5, 5.41) is 11.2. The van der Waals surface area contributed by atoms with Crippen molar-refractivity contribution in [3.05, 3.63) is 24.3 Å². The van der Waals surface area contributed by atoms with Gasteiger partial charge in [0.2, 0.25) is 5.91 Å². The van der Waals surface area contributed by atoms with Gasteiger partial charge in [-0.15, -0.1) is 0 Å². The van der Waals surface area contributed by atoms with Crippen LogP contribution in [0.25, 0.3) is 0 Å². The first-order valence-electron chi connectivity index (χ1n) is 6.79. The number of carboxylic acid groups (broad SMARTS) is 1. The molecule has 0 bridgehead atoms. The third-order valence-corrected chi connectivity index (χ3v) is 2.84. The lowest BCUT2D eigenvalue weighted by molar-refractivity contribution is -0.137. The summed E-state index contributed by atoms with van der Waals surface area (Å²) >= 11 is 0. The minimum absolute atomic E-state index is 0.00903. The maximum atomic E-state index is 11.6. The van der Waals surface area contributed by atoms with E-state index in [1.54, 1.807) is 24.3 Å². The molecule has 110 valence electrons. The Labute approximate surface area is 118 Å². The molecule has 1 unspecified atom stereocenters. The van der Waals surface area contributed by atoms with Gasteiger partial charge in [-0.05, 0) is 44.0 Å². The van der Waals surface area contributed by atoms with Crippen LogP contribution in [0.5, 0.6) is 5.75 Å². The normalized spacial score (nSPS) is 11.7. The van der Waals surface area contributed by atoms with Gasteiger partial charge in [-0.1, -0.05) is 6.92 Å². The van der Waals surface area contributed by atoms with E-state index >= 15 is 0 Å². The van der Waals surface area contributed by atoms with E-state index in [0.29, 0.717) is 12.1 Å². The van der Waals surface area contributed by atoms with Gasteiger partial charge < -0.3 is 15.2 Å². The van der Waals surface area contributed by atoms with E-state index in [0.717, 1.165) is 12.2 Å². The summed E-state index contributed by atoms with van der Waals surface area (Å²) in [5.41, 5.74) is 0.682. The minimum Gasteiger partial charge on any atom is -0.491 e. The summed E-state index contributed by atoms with van der Waals surface area (Å²) in [7, 11) is 0. The molecular weight excluding hydrogens is 258 g/mol. The van der Waals surface area contributed by atoms with Crippen LogP contribution in [-0.2, 0) is 9.59 Å². The highest BCUT2D eigenvalue weighted by atomic mass is 16.5. The van der Waals surface area contributed by atoms with E-state index in [1.165, 1.54) is 0 Å². The molecule has 0 aliphatic heterocycles. The molecule has 0 aromatic heterocycles. The van der Waals surface area contributed by atoms with Crippen molar-refractivity contribution in [1.82, 2.24) is 0 Å². The van der Waals surface area contributed by atoms with Gasteiger partial charge in [0, 0.05) is 18.5 Å².